The van der Waals surface area contributed by atoms with E-state index in [4.69, 9.17) is 10.5 Å². The lowest BCUT2D eigenvalue weighted by Crippen LogP contribution is -2.34. The Morgan fingerprint density at radius 3 is 2.57 bits per heavy atom. The highest BCUT2D eigenvalue weighted by Crippen LogP contribution is 1.99. The quantitative estimate of drug-likeness (QED) is 0.406. The summed E-state index contributed by atoms with van der Waals surface area (Å²) in [7, 11) is 0. The van der Waals surface area contributed by atoms with Crippen LogP contribution < -0.4 is 5.73 Å². The van der Waals surface area contributed by atoms with Crippen LogP contribution in [0.25, 0.3) is 0 Å². The van der Waals surface area contributed by atoms with Gasteiger partial charge in [-0.2, -0.15) is 12.6 Å². The number of hydrogen-bond donors (Lipinski definition) is 2. The molecule has 0 aliphatic rings. The molecule has 0 saturated carbocycles. The van der Waals surface area contributed by atoms with Crippen LogP contribution in [0.15, 0.2) is 0 Å². The van der Waals surface area contributed by atoms with Gasteiger partial charge in [0, 0.05) is 5.75 Å². The highest BCUT2D eigenvalue weighted by Gasteiger charge is 2.11. The van der Waals surface area contributed by atoms with Gasteiger partial charge in [-0.05, 0) is 6.42 Å². The van der Waals surface area contributed by atoms with Gasteiger partial charge in [0.2, 0.25) is 0 Å². The second kappa shape index (κ2) is 11.1. The van der Waals surface area contributed by atoms with Crippen molar-refractivity contribution in [3.05, 3.63) is 0 Å². The fourth-order valence-electron chi connectivity index (χ4n) is 0.883. The van der Waals surface area contributed by atoms with Gasteiger partial charge in [-0.15, -0.1) is 12.4 Å². The lowest BCUT2D eigenvalue weighted by Gasteiger charge is -2.08. The van der Waals surface area contributed by atoms with Crippen molar-refractivity contribution < 1.29 is 9.53 Å². The fraction of sp³-hybridized carbons (Fsp3) is 0.889. The molecule has 5 heteroatoms. The molecule has 0 aromatic rings. The summed E-state index contributed by atoms with van der Waals surface area (Å²) in [5, 5.41) is 0. The van der Waals surface area contributed by atoms with E-state index >= 15 is 0 Å². The van der Waals surface area contributed by atoms with Crippen molar-refractivity contribution in [1.82, 2.24) is 0 Å². The molecule has 0 aliphatic carbocycles. The first-order valence-electron chi connectivity index (χ1n) is 4.75. The molecule has 0 saturated heterocycles. The minimum Gasteiger partial charge on any atom is -0.465 e. The number of thiol groups is 1. The molecule has 1 atom stereocenters. The number of esters is 1. The van der Waals surface area contributed by atoms with E-state index < -0.39 is 6.04 Å². The summed E-state index contributed by atoms with van der Waals surface area (Å²) >= 11 is 3.91. The summed E-state index contributed by atoms with van der Waals surface area (Å²) in [5.41, 5.74) is 5.41. The summed E-state index contributed by atoms with van der Waals surface area (Å²) in [4.78, 5) is 11.0. The SMILES string of the molecule is CCCCCCOC(=O)[C@@H](N)CS.Cl. The Hall–Kier alpha value is 0.0700. The van der Waals surface area contributed by atoms with E-state index in [2.05, 4.69) is 19.6 Å². The largest absolute Gasteiger partial charge is 0.465 e. The summed E-state index contributed by atoms with van der Waals surface area (Å²) in [6, 6.07) is -0.575. The number of rotatable bonds is 7. The third kappa shape index (κ3) is 8.66. The molecule has 0 unspecified atom stereocenters. The highest BCUT2D eigenvalue weighted by atomic mass is 35.5. The van der Waals surface area contributed by atoms with Gasteiger partial charge in [0.15, 0.2) is 0 Å². The highest BCUT2D eigenvalue weighted by molar-refractivity contribution is 7.80. The van der Waals surface area contributed by atoms with E-state index in [9.17, 15) is 4.79 Å². The molecule has 0 aromatic carbocycles. The van der Waals surface area contributed by atoms with Gasteiger partial charge in [0.25, 0.3) is 0 Å². The minimum atomic E-state index is -0.575. The average molecular weight is 242 g/mol. The van der Waals surface area contributed by atoms with E-state index in [0.29, 0.717) is 12.4 Å². The van der Waals surface area contributed by atoms with Crippen molar-refractivity contribution in [2.75, 3.05) is 12.4 Å². The van der Waals surface area contributed by atoms with Gasteiger partial charge in [0.1, 0.15) is 6.04 Å². The Morgan fingerprint density at radius 2 is 2.07 bits per heavy atom. The van der Waals surface area contributed by atoms with Crippen molar-refractivity contribution in [3.8, 4) is 0 Å². The first-order chi connectivity index (χ1) is 6.22. The van der Waals surface area contributed by atoms with E-state index in [0.717, 1.165) is 12.8 Å². The lowest BCUT2D eigenvalue weighted by atomic mass is 10.2. The monoisotopic (exact) mass is 241 g/mol. The van der Waals surface area contributed by atoms with Gasteiger partial charge in [0.05, 0.1) is 6.61 Å². The van der Waals surface area contributed by atoms with Crippen molar-refractivity contribution in [1.29, 1.82) is 0 Å². The first-order valence-corrected chi connectivity index (χ1v) is 5.38. The molecule has 86 valence electrons. The Bertz CT molecular complexity index is 147. The number of ether oxygens (including phenoxy) is 1. The van der Waals surface area contributed by atoms with Crippen LogP contribution in [-0.4, -0.2) is 24.4 Å². The maximum atomic E-state index is 11.0. The topological polar surface area (TPSA) is 52.3 Å². The summed E-state index contributed by atoms with van der Waals surface area (Å²) in [6.45, 7) is 2.63. The number of hydrogen-bond acceptors (Lipinski definition) is 4. The van der Waals surface area contributed by atoms with Gasteiger partial charge < -0.3 is 10.5 Å². The van der Waals surface area contributed by atoms with Crippen LogP contribution in [0.4, 0.5) is 0 Å². The molecular formula is C9H20ClNO2S. The molecule has 0 aromatic heterocycles. The van der Waals surface area contributed by atoms with E-state index in [-0.39, 0.29) is 18.4 Å². The summed E-state index contributed by atoms with van der Waals surface area (Å²) in [5.74, 6) is -0.000140. The van der Waals surface area contributed by atoms with Crippen LogP contribution in [0.3, 0.4) is 0 Å². The van der Waals surface area contributed by atoms with Crippen LogP contribution in [0.1, 0.15) is 32.6 Å². The zero-order valence-corrected chi connectivity index (χ0v) is 10.3. The van der Waals surface area contributed by atoms with Gasteiger partial charge >= 0.3 is 5.97 Å². The van der Waals surface area contributed by atoms with Crippen LogP contribution in [0.2, 0.25) is 0 Å². The van der Waals surface area contributed by atoms with Crippen molar-refractivity contribution in [3.63, 3.8) is 0 Å². The van der Waals surface area contributed by atoms with Gasteiger partial charge in [-0.25, -0.2) is 0 Å². The maximum Gasteiger partial charge on any atom is 0.323 e. The average Bonchev–Trinajstić information content (AvgIpc) is 2.16. The van der Waals surface area contributed by atoms with E-state index in [1.807, 2.05) is 0 Å². The minimum absolute atomic E-state index is 0. The fourth-order valence-corrected chi connectivity index (χ4v) is 1.03. The molecule has 0 radical (unpaired) electrons. The molecule has 0 bridgehead atoms. The molecule has 0 rings (SSSR count). The Morgan fingerprint density at radius 1 is 1.43 bits per heavy atom. The Labute approximate surface area is 97.6 Å². The van der Waals surface area contributed by atoms with Crippen molar-refractivity contribution >= 4 is 31.0 Å². The normalized spacial score (nSPS) is 11.6. The molecule has 14 heavy (non-hydrogen) atoms. The van der Waals surface area contributed by atoms with Gasteiger partial charge in [-0.3, -0.25) is 4.79 Å². The van der Waals surface area contributed by atoms with Crippen LogP contribution in [-0.2, 0) is 9.53 Å². The van der Waals surface area contributed by atoms with Crippen LogP contribution in [0.5, 0.6) is 0 Å². The molecular weight excluding hydrogens is 222 g/mol. The second-order valence-corrected chi connectivity index (χ2v) is 3.38. The third-order valence-electron chi connectivity index (χ3n) is 1.74. The smallest absolute Gasteiger partial charge is 0.323 e. The molecule has 0 amide bonds. The Balaban J connectivity index is 0. The summed E-state index contributed by atoms with van der Waals surface area (Å²) < 4.78 is 4.93. The van der Waals surface area contributed by atoms with Gasteiger partial charge in [-0.1, -0.05) is 26.2 Å². The van der Waals surface area contributed by atoms with Crippen LogP contribution >= 0.6 is 25.0 Å². The maximum absolute atomic E-state index is 11.0. The van der Waals surface area contributed by atoms with Crippen molar-refractivity contribution in [2.45, 2.75) is 38.6 Å². The number of unbranched alkanes of at least 4 members (excludes halogenated alkanes) is 3. The third-order valence-corrected chi connectivity index (χ3v) is 2.14. The first kappa shape index (κ1) is 16.5. The predicted molar refractivity (Wildman–Crippen MR) is 64.2 cm³/mol. The lowest BCUT2D eigenvalue weighted by molar-refractivity contribution is -0.144. The van der Waals surface area contributed by atoms with E-state index in [1.54, 1.807) is 0 Å². The van der Waals surface area contributed by atoms with Crippen LogP contribution in [0, 0.1) is 0 Å². The zero-order chi connectivity index (χ0) is 10.1. The number of carbonyl (C=O) groups excluding carboxylic acids is 1. The standard InChI is InChI=1S/C9H19NO2S.ClH/c1-2-3-4-5-6-12-9(11)8(10)7-13;/h8,13H,2-7,10H2,1H3;1H/t8-;/m0./s1. The number of halogens is 1. The zero-order valence-electron chi connectivity index (χ0n) is 8.57. The molecule has 3 nitrogen and oxygen atoms in total. The predicted octanol–water partition coefficient (Wildman–Crippen LogP) is 1.79. The number of carbonyl (C=O) groups is 1. The number of nitrogens with two attached hydrogens (primary N) is 1. The Kier molecular flexibility index (Phi) is 13.1. The molecule has 0 aliphatic heterocycles. The molecule has 0 spiro atoms. The molecule has 2 N–H and O–H groups in total. The summed E-state index contributed by atoms with van der Waals surface area (Å²) in [6.07, 6.45) is 4.42. The second-order valence-electron chi connectivity index (χ2n) is 3.02. The molecule has 0 heterocycles. The van der Waals surface area contributed by atoms with E-state index in [1.165, 1.54) is 12.8 Å². The molecule has 0 fully saturated rings. The van der Waals surface area contributed by atoms with Crippen molar-refractivity contribution in [2.24, 2.45) is 5.73 Å².